The van der Waals surface area contributed by atoms with Crippen LogP contribution in [0.4, 0.5) is 0 Å². The minimum absolute atomic E-state index is 0.148. The van der Waals surface area contributed by atoms with E-state index in [1.54, 1.807) is 0 Å². The van der Waals surface area contributed by atoms with Gasteiger partial charge in [0.05, 0.1) is 12.2 Å². The standard InChI is InChI=1S/C14H26O2/c1-9(2)10-6-7-14(16)12(8-10)11-4-3-5-13(11)15/h9-16H,3-8H2,1-2H3. The minimum Gasteiger partial charge on any atom is -0.393 e. The van der Waals surface area contributed by atoms with E-state index < -0.39 is 0 Å². The van der Waals surface area contributed by atoms with Gasteiger partial charge in [-0.05, 0) is 55.8 Å². The molecule has 2 saturated carbocycles. The quantitative estimate of drug-likeness (QED) is 0.760. The van der Waals surface area contributed by atoms with Gasteiger partial charge < -0.3 is 10.2 Å². The molecule has 94 valence electrons. The first kappa shape index (κ1) is 12.4. The smallest absolute Gasteiger partial charge is 0.0572 e. The van der Waals surface area contributed by atoms with Crippen LogP contribution in [-0.2, 0) is 0 Å². The number of hydrogen-bond donors (Lipinski definition) is 2. The van der Waals surface area contributed by atoms with Crippen LogP contribution in [-0.4, -0.2) is 22.4 Å². The van der Waals surface area contributed by atoms with Crippen LogP contribution in [0.25, 0.3) is 0 Å². The van der Waals surface area contributed by atoms with E-state index in [-0.39, 0.29) is 12.2 Å². The Morgan fingerprint density at radius 2 is 1.56 bits per heavy atom. The van der Waals surface area contributed by atoms with E-state index in [0.717, 1.165) is 44.4 Å². The van der Waals surface area contributed by atoms with Crippen molar-refractivity contribution in [2.45, 2.75) is 64.6 Å². The molecule has 0 aromatic heterocycles. The Hall–Kier alpha value is -0.0800. The summed E-state index contributed by atoms with van der Waals surface area (Å²) in [7, 11) is 0. The Balaban J connectivity index is 2.00. The molecule has 0 aromatic rings. The van der Waals surface area contributed by atoms with Gasteiger partial charge >= 0.3 is 0 Å². The normalized spacial score (nSPS) is 45.2. The second-order valence-corrected chi connectivity index (χ2v) is 6.21. The molecule has 0 heterocycles. The Bertz CT molecular complexity index is 227. The molecule has 0 aromatic carbocycles. The minimum atomic E-state index is -0.159. The molecule has 2 heteroatoms. The SMILES string of the molecule is CC(C)C1CCC(O)C(C2CCCC2O)C1. The van der Waals surface area contributed by atoms with Gasteiger partial charge in [0.2, 0.25) is 0 Å². The zero-order valence-electron chi connectivity index (χ0n) is 10.6. The first-order valence-corrected chi connectivity index (χ1v) is 6.95. The second kappa shape index (κ2) is 5.05. The molecule has 2 aliphatic rings. The fraction of sp³-hybridized carbons (Fsp3) is 1.00. The van der Waals surface area contributed by atoms with E-state index in [0.29, 0.717) is 17.8 Å². The van der Waals surface area contributed by atoms with E-state index in [1.807, 2.05) is 0 Å². The van der Waals surface area contributed by atoms with Crippen LogP contribution in [0.1, 0.15) is 52.4 Å². The van der Waals surface area contributed by atoms with Crippen LogP contribution in [0, 0.1) is 23.7 Å². The predicted molar refractivity (Wildman–Crippen MR) is 65.0 cm³/mol. The van der Waals surface area contributed by atoms with E-state index in [2.05, 4.69) is 13.8 Å². The van der Waals surface area contributed by atoms with Crippen molar-refractivity contribution in [2.24, 2.45) is 23.7 Å². The van der Waals surface area contributed by atoms with Crippen molar-refractivity contribution in [3.63, 3.8) is 0 Å². The van der Waals surface area contributed by atoms with Crippen molar-refractivity contribution in [3.05, 3.63) is 0 Å². The summed E-state index contributed by atoms with van der Waals surface area (Å²) >= 11 is 0. The molecule has 2 aliphatic carbocycles. The molecule has 0 spiro atoms. The molecule has 0 aliphatic heterocycles. The van der Waals surface area contributed by atoms with Gasteiger partial charge in [0, 0.05) is 0 Å². The summed E-state index contributed by atoms with van der Waals surface area (Å²) in [6.45, 7) is 4.56. The highest BCUT2D eigenvalue weighted by Crippen LogP contribution is 2.43. The average molecular weight is 226 g/mol. The van der Waals surface area contributed by atoms with E-state index >= 15 is 0 Å². The molecule has 5 atom stereocenters. The summed E-state index contributed by atoms with van der Waals surface area (Å²) in [6, 6.07) is 0. The van der Waals surface area contributed by atoms with Gasteiger partial charge in [-0.2, -0.15) is 0 Å². The lowest BCUT2D eigenvalue weighted by Gasteiger charge is -2.39. The zero-order valence-corrected chi connectivity index (χ0v) is 10.6. The van der Waals surface area contributed by atoms with Crippen LogP contribution in [0.3, 0.4) is 0 Å². The average Bonchev–Trinajstić information content (AvgIpc) is 2.65. The van der Waals surface area contributed by atoms with E-state index in [4.69, 9.17) is 0 Å². The molecule has 0 saturated heterocycles. The van der Waals surface area contributed by atoms with Crippen molar-refractivity contribution in [1.82, 2.24) is 0 Å². The van der Waals surface area contributed by atoms with Crippen molar-refractivity contribution in [2.75, 3.05) is 0 Å². The summed E-state index contributed by atoms with van der Waals surface area (Å²) in [5.74, 6) is 2.20. The highest BCUT2D eigenvalue weighted by molar-refractivity contribution is 4.90. The molecule has 5 unspecified atom stereocenters. The third-order valence-electron chi connectivity index (χ3n) is 4.93. The topological polar surface area (TPSA) is 40.5 Å². The predicted octanol–water partition coefficient (Wildman–Crippen LogP) is 2.58. The third-order valence-corrected chi connectivity index (χ3v) is 4.93. The lowest BCUT2D eigenvalue weighted by atomic mass is 9.69. The number of hydrogen-bond acceptors (Lipinski definition) is 2. The molecule has 0 radical (unpaired) electrons. The van der Waals surface area contributed by atoms with Gasteiger partial charge in [-0.25, -0.2) is 0 Å². The third kappa shape index (κ3) is 2.43. The molecule has 16 heavy (non-hydrogen) atoms. The molecule has 0 bridgehead atoms. The lowest BCUT2D eigenvalue weighted by molar-refractivity contribution is -0.0228. The Morgan fingerprint density at radius 3 is 2.12 bits per heavy atom. The van der Waals surface area contributed by atoms with E-state index in [9.17, 15) is 10.2 Å². The number of rotatable bonds is 2. The van der Waals surface area contributed by atoms with Gasteiger partial charge in [0.1, 0.15) is 0 Å². The molecule has 2 N–H and O–H groups in total. The van der Waals surface area contributed by atoms with Crippen LogP contribution < -0.4 is 0 Å². The fourth-order valence-electron chi connectivity index (χ4n) is 3.76. The molecule has 2 rings (SSSR count). The second-order valence-electron chi connectivity index (χ2n) is 6.21. The van der Waals surface area contributed by atoms with E-state index in [1.165, 1.54) is 0 Å². The zero-order chi connectivity index (χ0) is 11.7. The van der Waals surface area contributed by atoms with Crippen LogP contribution in [0.15, 0.2) is 0 Å². The van der Waals surface area contributed by atoms with Crippen LogP contribution in [0.5, 0.6) is 0 Å². The van der Waals surface area contributed by atoms with Gasteiger partial charge in [-0.3, -0.25) is 0 Å². The fourth-order valence-corrected chi connectivity index (χ4v) is 3.76. The van der Waals surface area contributed by atoms with Crippen LogP contribution in [0.2, 0.25) is 0 Å². The monoisotopic (exact) mass is 226 g/mol. The largest absolute Gasteiger partial charge is 0.393 e. The van der Waals surface area contributed by atoms with Gasteiger partial charge in [0.15, 0.2) is 0 Å². The molecular formula is C14H26O2. The summed E-state index contributed by atoms with van der Waals surface area (Å²) in [4.78, 5) is 0. The highest BCUT2D eigenvalue weighted by Gasteiger charge is 2.40. The molecular weight excluding hydrogens is 200 g/mol. The Morgan fingerprint density at radius 1 is 0.875 bits per heavy atom. The van der Waals surface area contributed by atoms with Crippen molar-refractivity contribution >= 4 is 0 Å². The van der Waals surface area contributed by atoms with Crippen LogP contribution >= 0.6 is 0 Å². The van der Waals surface area contributed by atoms with Gasteiger partial charge in [0.25, 0.3) is 0 Å². The first-order chi connectivity index (χ1) is 7.59. The number of aliphatic hydroxyl groups is 2. The van der Waals surface area contributed by atoms with Crippen molar-refractivity contribution in [1.29, 1.82) is 0 Å². The Labute approximate surface area is 99.1 Å². The maximum absolute atomic E-state index is 10.1. The summed E-state index contributed by atoms with van der Waals surface area (Å²) in [6.07, 6.45) is 6.13. The molecule has 2 nitrogen and oxygen atoms in total. The lowest BCUT2D eigenvalue weighted by Crippen LogP contribution is -2.38. The summed E-state index contributed by atoms with van der Waals surface area (Å²) in [5, 5.41) is 20.1. The molecule has 2 fully saturated rings. The molecule has 0 amide bonds. The van der Waals surface area contributed by atoms with Gasteiger partial charge in [-0.15, -0.1) is 0 Å². The maximum Gasteiger partial charge on any atom is 0.0572 e. The van der Waals surface area contributed by atoms with Crippen molar-refractivity contribution < 1.29 is 10.2 Å². The Kier molecular flexibility index (Phi) is 3.91. The summed E-state index contributed by atoms with van der Waals surface area (Å²) < 4.78 is 0. The van der Waals surface area contributed by atoms with Gasteiger partial charge in [-0.1, -0.05) is 20.3 Å². The van der Waals surface area contributed by atoms with Crippen molar-refractivity contribution in [3.8, 4) is 0 Å². The summed E-state index contributed by atoms with van der Waals surface area (Å²) in [5.41, 5.74) is 0. The highest BCUT2D eigenvalue weighted by atomic mass is 16.3. The number of aliphatic hydroxyl groups excluding tert-OH is 2. The first-order valence-electron chi connectivity index (χ1n) is 6.95. The maximum atomic E-state index is 10.1.